The first kappa shape index (κ1) is 19.6. The second-order valence-electron chi connectivity index (χ2n) is 7.55. The zero-order valence-corrected chi connectivity index (χ0v) is 16.7. The van der Waals surface area contributed by atoms with Crippen LogP contribution in [0, 0.1) is 0 Å². The number of nitrogens with zero attached hydrogens (tertiary/aromatic N) is 1. The Balaban J connectivity index is 1.85. The molecule has 0 aliphatic heterocycles. The molecule has 0 aromatic heterocycles. The van der Waals surface area contributed by atoms with Crippen LogP contribution in [-0.4, -0.2) is 43.3 Å². The van der Waals surface area contributed by atoms with E-state index < -0.39 is 9.84 Å². The lowest BCUT2D eigenvalue weighted by Crippen LogP contribution is -2.44. The molecule has 1 atom stereocenters. The fourth-order valence-corrected chi connectivity index (χ4v) is 4.80. The molecule has 4 nitrogen and oxygen atoms in total. The van der Waals surface area contributed by atoms with Gasteiger partial charge in [0.2, 0.25) is 5.91 Å². The third-order valence-corrected chi connectivity index (χ3v) is 6.12. The Hall–Kier alpha value is -2.14. The highest BCUT2D eigenvalue weighted by Gasteiger charge is 2.37. The van der Waals surface area contributed by atoms with Gasteiger partial charge in [0.1, 0.15) is 9.84 Å². The lowest BCUT2D eigenvalue weighted by molar-refractivity contribution is -0.133. The van der Waals surface area contributed by atoms with Gasteiger partial charge in [-0.05, 0) is 30.9 Å². The first-order valence-electron chi connectivity index (χ1n) is 9.44. The summed E-state index contributed by atoms with van der Waals surface area (Å²) in [5.41, 5.74) is 2.20. The number of hydrogen-bond donors (Lipinski definition) is 0. The molecule has 0 radical (unpaired) electrons. The number of amides is 1. The molecular formula is C22H27NO3S. The minimum atomic E-state index is -3.13. The Morgan fingerprint density at radius 2 is 1.48 bits per heavy atom. The van der Waals surface area contributed by atoms with Gasteiger partial charge in [0, 0.05) is 30.7 Å². The minimum Gasteiger partial charge on any atom is -0.336 e. The fraction of sp³-hybridized carbons (Fsp3) is 0.409. The summed E-state index contributed by atoms with van der Waals surface area (Å²) in [6.07, 6.45) is 3.50. The maximum atomic E-state index is 13.2. The molecule has 1 amide bonds. The van der Waals surface area contributed by atoms with Crippen molar-refractivity contribution < 1.29 is 13.2 Å². The quantitative estimate of drug-likeness (QED) is 0.697. The number of hydrogen-bond acceptors (Lipinski definition) is 3. The van der Waals surface area contributed by atoms with E-state index in [1.165, 1.54) is 6.26 Å². The van der Waals surface area contributed by atoms with E-state index in [1.54, 1.807) is 0 Å². The molecule has 1 aliphatic carbocycles. The summed E-state index contributed by atoms with van der Waals surface area (Å²) < 4.78 is 23.5. The predicted octanol–water partition coefficient (Wildman–Crippen LogP) is 3.63. The van der Waals surface area contributed by atoms with Gasteiger partial charge in [0.25, 0.3) is 0 Å². The van der Waals surface area contributed by atoms with Crippen molar-refractivity contribution in [3.63, 3.8) is 0 Å². The van der Waals surface area contributed by atoms with Crippen LogP contribution >= 0.6 is 0 Å². The van der Waals surface area contributed by atoms with E-state index in [4.69, 9.17) is 0 Å². The van der Waals surface area contributed by atoms with E-state index in [9.17, 15) is 13.2 Å². The summed E-state index contributed by atoms with van der Waals surface area (Å²) in [6.45, 7) is 1.84. The smallest absolute Gasteiger partial charge is 0.224 e. The van der Waals surface area contributed by atoms with Crippen LogP contribution in [0.4, 0.5) is 0 Å². The Morgan fingerprint density at radius 1 is 1.00 bits per heavy atom. The molecule has 0 spiro atoms. The van der Waals surface area contributed by atoms with Gasteiger partial charge in [0.05, 0.1) is 5.75 Å². The van der Waals surface area contributed by atoms with E-state index in [1.807, 2.05) is 72.5 Å². The lowest BCUT2D eigenvalue weighted by Gasteiger charge is -2.31. The largest absolute Gasteiger partial charge is 0.336 e. The molecule has 144 valence electrons. The normalized spacial score (nSPS) is 15.5. The van der Waals surface area contributed by atoms with E-state index in [0.717, 1.165) is 24.0 Å². The summed E-state index contributed by atoms with van der Waals surface area (Å²) in [7, 11) is -3.13. The Morgan fingerprint density at radius 3 is 1.89 bits per heavy atom. The van der Waals surface area contributed by atoms with Crippen molar-refractivity contribution in [2.75, 3.05) is 12.0 Å². The van der Waals surface area contributed by atoms with Crippen molar-refractivity contribution >= 4 is 15.7 Å². The van der Waals surface area contributed by atoms with Gasteiger partial charge >= 0.3 is 0 Å². The number of sulfone groups is 1. The van der Waals surface area contributed by atoms with E-state index in [2.05, 4.69) is 0 Å². The molecule has 1 saturated carbocycles. The van der Waals surface area contributed by atoms with Crippen LogP contribution in [0.15, 0.2) is 60.7 Å². The molecule has 2 aromatic rings. The summed E-state index contributed by atoms with van der Waals surface area (Å²) in [6, 6.07) is 20.0. The Kier molecular flexibility index (Phi) is 6.00. The van der Waals surface area contributed by atoms with Crippen LogP contribution in [0.25, 0.3) is 0 Å². The second-order valence-corrected chi connectivity index (χ2v) is 9.74. The molecule has 0 saturated heterocycles. The lowest BCUT2D eigenvalue weighted by atomic mass is 9.88. The van der Waals surface area contributed by atoms with E-state index in [-0.39, 0.29) is 29.7 Å². The fourth-order valence-electron chi connectivity index (χ4n) is 3.76. The molecule has 2 aromatic carbocycles. The highest BCUT2D eigenvalue weighted by molar-refractivity contribution is 7.90. The number of carbonyl (C=O) groups is 1. The minimum absolute atomic E-state index is 0.0105. The summed E-state index contributed by atoms with van der Waals surface area (Å²) >= 11 is 0. The van der Waals surface area contributed by atoms with E-state index in [0.29, 0.717) is 6.42 Å². The Labute approximate surface area is 162 Å². The first-order chi connectivity index (χ1) is 12.8. The average molecular weight is 386 g/mol. The average Bonchev–Trinajstić information content (AvgIpc) is 3.44. The van der Waals surface area contributed by atoms with Crippen LogP contribution in [0.5, 0.6) is 0 Å². The van der Waals surface area contributed by atoms with Crippen LogP contribution in [-0.2, 0) is 14.6 Å². The standard InChI is InChI=1S/C22H27NO3S/c1-17(16-27(2,25)26)23(20-13-14-20)22(24)15-21(18-9-5-3-6-10-18)19-11-7-4-8-12-19/h3-12,17,20-21H,13-16H2,1-2H3. The zero-order chi connectivity index (χ0) is 19.4. The van der Waals surface area contributed by atoms with Crippen LogP contribution in [0.3, 0.4) is 0 Å². The maximum absolute atomic E-state index is 13.2. The number of benzene rings is 2. The van der Waals surface area contributed by atoms with Crippen molar-refractivity contribution in [2.24, 2.45) is 0 Å². The molecule has 1 aliphatic rings. The topological polar surface area (TPSA) is 54.5 Å². The van der Waals surface area contributed by atoms with Crippen molar-refractivity contribution in [3.8, 4) is 0 Å². The highest BCUT2D eigenvalue weighted by Crippen LogP contribution is 2.33. The van der Waals surface area contributed by atoms with Crippen molar-refractivity contribution in [2.45, 2.75) is 44.2 Å². The van der Waals surface area contributed by atoms with Gasteiger partial charge in [-0.25, -0.2) is 8.42 Å². The van der Waals surface area contributed by atoms with Crippen molar-refractivity contribution in [3.05, 3.63) is 71.8 Å². The van der Waals surface area contributed by atoms with Gasteiger partial charge in [-0.1, -0.05) is 60.7 Å². The van der Waals surface area contributed by atoms with Gasteiger partial charge in [-0.3, -0.25) is 4.79 Å². The molecule has 5 heteroatoms. The summed E-state index contributed by atoms with van der Waals surface area (Å²) in [5.74, 6) is 0.00859. The number of rotatable bonds is 8. The van der Waals surface area contributed by atoms with Crippen LogP contribution in [0.1, 0.15) is 43.2 Å². The van der Waals surface area contributed by atoms with Gasteiger partial charge in [-0.15, -0.1) is 0 Å². The highest BCUT2D eigenvalue weighted by atomic mass is 32.2. The maximum Gasteiger partial charge on any atom is 0.224 e. The van der Waals surface area contributed by atoms with Crippen molar-refractivity contribution in [1.82, 2.24) is 4.90 Å². The van der Waals surface area contributed by atoms with Crippen LogP contribution < -0.4 is 0 Å². The zero-order valence-electron chi connectivity index (χ0n) is 15.9. The Bertz CT molecular complexity index is 821. The first-order valence-corrected chi connectivity index (χ1v) is 11.5. The monoisotopic (exact) mass is 385 g/mol. The molecule has 3 rings (SSSR count). The molecule has 0 bridgehead atoms. The van der Waals surface area contributed by atoms with E-state index >= 15 is 0 Å². The summed E-state index contributed by atoms with van der Waals surface area (Å²) in [5, 5.41) is 0. The molecule has 0 N–H and O–H groups in total. The molecule has 1 unspecified atom stereocenters. The SMILES string of the molecule is CC(CS(C)(=O)=O)N(C(=O)CC(c1ccccc1)c1ccccc1)C1CC1. The van der Waals surface area contributed by atoms with Gasteiger partial charge < -0.3 is 4.90 Å². The molecular weight excluding hydrogens is 358 g/mol. The second kappa shape index (κ2) is 8.26. The predicted molar refractivity (Wildman–Crippen MR) is 108 cm³/mol. The summed E-state index contributed by atoms with van der Waals surface area (Å²) in [4.78, 5) is 15.1. The third kappa shape index (κ3) is 5.42. The van der Waals surface area contributed by atoms with Gasteiger partial charge in [0.15, 0.2) is 0 Å². The van der Waals surface area contributed by atoms with Crippen molar-refractivity contribution in [1.29, 1.82) is 0 Å². The number of carbonyl (C=O) groups excluding carboxylic acids is 1. The van der Waals surface area contributed by atoms with Crippen LogP contribution in [0.2, 0.25) is 0 Å². The molecule has 0 heterocycles. The molecule has 1 fully saturated rings. The third-order valence-electron chi connectivity index (χ3n) is 5.03. The van der Waals surface area contributed by atoms with Gasteiger partial charge in [-0.2, -0.15) is 0 Å². The molecule has 27 heavy (non-hydrogen) atoms.